The number of benzene rings is 5. The number of aryl methyl sites for hydroxylation is 1. The second-order valence-corrected chi connectivity index (χ2v) is 11.9. The second-order valence-electron chi connectivity index (χ2n) is 11.9. The van der Waals surface area contributed by atoms with Gasteiger partial charge in [0.25, 0.3) is 0 Å². The van der Waals surface area contributed by atoms with E-state index in [1.807, 2.05) is 18.2 Å². The van der Waals surface area contributed by atoms with Crippen molar-refractivity contribution in [3.63, 3.8) is 0 Å². The minimum Gasteiger partial charge on any atom is -0.332 e. The van der Waals surface area contributed by atoms with Gasteiger partial charge in [0.1, 0.15) is 0 Å². The van der Waals surface area contributed by atoms with Gasteiger partial charge in [0.05, 0.1) is 22.8 Å². The van der Waals surface area contributed by atoms with Gasteiger partial charge < -0.3 is 5.32 Å². The van der Waals surface area contributed by atoms with Crippen molar-refractivity contribution in [1.29, 1.82) is 5.26 Å². The third-order valence-electron chi connectivity index (χ3n) is 8.98. The fourth-order valence-electron chi connectivity index (χ4n) is 6.85. The topological polar surface area (TPSA) is 57.4 Å². The summed E-state index contributed by atoms with van der Waals surface area (Å²) in [6.07, 6.45) is 11.3. The third-order valence-corrected chi connectivity index (χ3v) is 8.98. The molecule has 8 rings (SSSR count). The number of hydrogen-bond donors (Lipinski definition) is 2. The van der Waals surface area contributed by atoms with Crippen LogP contribution in [0.4, 0.5) is 5.69 Å². The van der Waals surface area contributed by atoms with Crippen molar-refractivity contribution >= 4 is 34.1 Å². The zero-order valence-corrected chi connectivity index (χ0v) is 25.4. The molecule has 46 heavy (non-hydrogen) atoms. The SMILES string of the molecule is N#Cc1cccc(-c2cccc(C3=CC(Nc4ccccc4-c4ccccc4)[NH2+]C(n4c5c(c6ccccc64)CCC=C5)=C3)c2)c1. The molecule has 0 fully saturated rings. The van der Waals surface area contributed by atoms with Crippen molar-refractivity contribution in [3.8, 4) is 28.3 Å². The van der Waals surface area contributed by atoms with E-state index in [0.29, 0.717) is 5.56 Å². The van der Waals surface area contributed by atoms with Gasteiger partial charge in [0.15, 0.2) is 6.17 Å². The van der Waals surface area contributed by atoms with E-state index in [1.54, 1.807) is 0 Å². The molecule has 5 aromatic carbocycles. The number of rotatable bonds is 6. The highest BCUT2D eigenvalue weighted by molar-refractivity contribution is 5.93. The van der Waals surface area contributed by atoms with Crippen LogP contribution >= 0.6 is 0 Å². The maximum Gasteiger partial charge on any atom is 0.212 e. The number of quaternary nitrogens is 1. The lowest BCUT2D eigenvalue weighted by Crippen LogP contribution is -2.90. The largest absolute Gasteiger partial charge is 0.332 e. The number of allylic oxidation sites excluding steroid dienone is 3. The van der Waals surface area contributed by atoms with Crippen LogP contribution in [0.25, 0.3) is 50.6 Å². The van der Waals surface area contributed by atoms with Gasteiger partial charge in [-0.3, -0.25) is 9.88 Å². The van der Waals surface area contributed by atoms with Crippen molar-refractivity contribution in [3.05, 3.63) is 168 Å². The molecule has 0 spiro atoms. The lowest BCUT2D eigenvalue weighted by molar-refractivity contribution is -0.590. The Kier molecular flexibility index (Phi) is 7.15. The molecule has 0 radical (unpaired) electrons. The number of nitriles is 1. The molecule has 2 heterocycles. The summed E-state index contributed by atoms with van der Waals surface area (Å²) in [5.74, 6) is 1.15. The van der Waals surface area contributed by atoms with E-state index < -0.39 is 0 Å². The Balaban J connectivity index is 1.26. The fourth-order valence-corrected chi connectivity index (χ4v) is 6.85. The van der Waals surface area contributed by atoms with Gasteiger partial charge in [0.2, 0.25) is 5.82 Å². The first kappa shape index (κ1) is 27.6. The van der Waals surface area contributed by atoms with Gasteiger partial charge >= 0.3 is 0 Å². The predicted octanol–water partition coefficient (Wildman–Crippen LogP) is 8.70. The summed E-state index contributed by atoms with van der Waals surface area (Å²) < 4.78 is 2.44. The zero-order chi connectivity index (χ0) is 30.9. The molecule has 1 aromatic heterocycles. The van der Waals surface area contributed by atoms with Crippen LogP contribution in [0, 0.1) is 11.3 Å². The van der Waals surface area contributed by atoms with E-state index in [4.69, 9.17) is 0 Å². The Morgan fingerprint density at radius 2 is 1.48 bits per heavy atom. The first-order chi connectivity index (χ1) is 22.7. The molecule has 1 atom stereocenters. The summed E-state index contributed by atoms with van der Waals surface area (Å²) in [6.45, 7) is 0. The van der Waals surface area contributed by atoms with Gasteiger partial charge in [-0.1, -0.05) is 103 Å². The molecule has 4 nitrogen and oxygen atoms in total. The Morgan fingerprint density at radius 3 is 2.37 bits per heavy atom. The van der Waals surface area contributed by atoms with Gasteiger partial charge in [0, 0.05) is 28.8 Å². The minimum atomic E-state index is -0.0604. The Hall–Kier alpha value is -5.89. The van der Waals surface area contributed by atoms with Crippen LogP contribution in [0.2, 0.25) is 0 Å². The summed E-state index contributed by atoms with van der Waals surface area (Å²) in [5.41, 5.74) is 12.4. The molecule has 220 valence electrons. The normalized spacial score (nSPS) is 15.5. The molecule has 0 amide bonds. The average molecular weight is 594 g/mol. The zero-order valence-electron chi connectivity index (χ0n) is 25.4. The number of hydrogen-bond acceptors (Lipinski definition) is 2. The first-order valence-corrected chi connectivity index (χ1v) is 15.8. The molecule has 6 aromatic rings. The molecule has 0 bridgehead atoms. The number of para-hydroxylation sites is 2. The molecule has 0 saturated carbocycles. The van der Waals surface area contributed by atoms with E-state index in [2.05, 4.69) is 155 Å². The standard InChI is InChI=1S/C42H32N4/c43-28-29-12-10-15-31(24-29)32-16-11-17-33(25-32)34-26-41(44-38-21-7-4-18-35(38)30-13-2-1-3-14-30)45-42(27-34)46-39-22-8-5-19-36(39)37-20-6-9-23-40(37)46/h1-5,7-19,21-27,41,44-45H,6,20H2/p+1. The number of nitrogens with zero attached hydrogens (tertiary/aromatic N) is 2. The first-order valence-electron chi connectivity index (χ1n) is 15.8. The maximum atomic E-state index is 9.50. The molecule has 1 aliphatic heterocycles. The second kappa shape index (κ2) is 11.9. The van der Waals surface area contributed by atoms with Crippen molar-refractivity contribution in [2.75, 3.05) is 5.32 Å². The quantitative estimate of drug-likeness (QED) is 0.203. The molecule has 2 aliphatic rings. The van der Waals surface area contributed by atoms with Gasteiger partial charge in [-0.2, -0.15) is 5.26 Å². The van der Waals surface area contributed by atoms with E-state index in [0.717, 1.165) is 46.6 Å². The van der Waals surface area contributed by atoms with Crippen LogP contribution in [0.3, 0.4) is 0 Å². The average Bonchev–Trinajstić information content (AvgIpc) is 3.47. The van der Waals surface area contributed by atoms with Crippen LogP contribution in [0.1, 0.15) is 28.8 Å². The number of nitrogens with one attached hydrogen (secondary N) is 1. The van der Waals surface area contributed by atoms with Crippen molar-refractivity contribution in [2.45, 2.75) is 19.0 Å². The summed E-state index contributed by atoms with van der Waals surface area (Å²) >= 11 is 0. The highest BCUT2D eigenvalue weighted by atomic mass is 15.2. The summed E-state index contributed by atoms with van der Waals surface area (Å²) in [4.78, 5) is 0. The Labute approximate surface area is 269 Å². The van der Waals surface area contributed by atoms with Gasteiger partial charge in [-0.25, -0.2) is 0 Å². The summed E-state index contributed by atoms with van der Waals surface area (Å²) in [7, 11) is 0. The molecular weight excluding hydrogens is 560 g/mol. The summed E-state index contributed by atoms with van der Waals surface area (Å²) in [5, 5.41) is 17.1. The smallest absolute Gasteiger partial charge is 0.212 e. The van der Waals surface area contributed by atoms with E-state index in [-0.39, 0.29) is 6.17 Å². The van der Waals surface area contributed by atoms with Crippen molar-refractivity contribution in [1.82, 2.24) is 4.57 Å². The Morgan fingerprint density at radius 1 is 0.739 bits per heavy atom. The molecule has 1 aliphatic carbocycles. The molecule has 4 heteroatoms. The lowest BCUT2D eigenvalue weighted by Gasteiger charge is -2.25. The van der Waals surface area contributed by atoms with Gasteiger partial charge in [-0.15, -0.1) is 0 Å². The number of nitrogens with two attached hydrogens (primary N) is 1. The van der Waals surface area contributed by atoms with Crippen LogP contribution in [-0.4, -0.2) is 10.7 Å². The van der Waals surface area contributed by atoms with E-state index in [1.165, 1.54) is 33.3 Å². The van der Waals surface area contributed by atoms with Crippen molar-refractivity contribution < 1.29 is 5.32 Å². The fraction of sp³-hybridized carbons (Fsp3) is 0.0714. The monoisotopic (exact) mass is 593 g/mol. The predicted molar refractivity (Wildman–Crippen MR) is 189 cm³/mol. The molecule has 3 N–H and O–H groups in total. The van der Waals surface area contributed by atoms with Gasteiger partial charge in [-0.05, 0) is 82.6 Å². The van der Waals surface area contributed by atoms with E-state index in [9.17, 15) is 5.26 Å². The molecule has 0 saturated heterocycles. The van der Waals surface area contributed by atoms with Crippen LogP contribution in [-0.2, 0) is 6.42 Å². The third kappa shape index (κ3) is 5.13. The van der Waals surface area contributed by atoms with Crippen molar-refractivity contribution in [2.24, 2.45) is 0 Å². The van der Waals surface area contributed by atoms with Crippen LogP contribution in [0.15, 0.2) is 146 Å². The number of fused-ring (bicyclic) bond motifs is 3. The maximum absolute atomic E-state index is 9.50. The highest BCUT2D eigenvalue weighted by Crippen LogP contribution is 2.35. The van der Waals surface area contributed by atoms with Crippen LogP contribution < -0.4 is 10.6 Å². The number of aromatic nitrogens is 1. The number of anilines is 1. The van der Waals surface area contributed by atoms with Crippen LogP contribution in [0.5, 0.6) is 0 Å². The highest BCUT2D eigenvalue weighted by Gasteiger charge is 2.27. The molecular formula is C42H33N4+. The minimum absolute atomic E-state index is 0.0604. The molecule has 1 unspecified atom stereocenters. The lowest BCUT2D eigenvalue weighted by atomic mass is 9.96. The summed E-state index contributed by atoms with van der Waals surface area (Å²) in [6, 6.07) is 46.6. The van der Waals surface area contributed by atoms with E-state index >= 15 is 0 Å². The Bertz CT molecular complexity index is 2230.